The number of nitrogens with one attached hydrogen (secondary N) is 1. The average Bonchev–Trinajstić information content (AvgIpc) is 3.84. The Morgan fingerprint density at radius 1 is 0.391 bits per heavy atom. The van der Waals surface area contributed by atoms with Crippen molar-refractivity contribution in [1.29, 1.82) is 0 Å². The van der Waals surface area contributed by atoms with Crippen LogP contribution in [-0.2, 0) is 5.41 Å². The van der Waals surface area contributed by atoms with Gasteiger partial charge in [0.2, 0.25) is 0 Å². The summed E-state index contributed by atoms with van der Waals surface area (Å²) >= 11 is 0. The molecule has 0 fully saturated rings. The molecule has 11 aromatic carbocycles. The van der Waals surface area contributed by atoms with Crippen LogP contribution in [0.2, 0.25) is 0 Å². The summed E-state index contributed by atoms with van der Waals surface area (Å²) in [5.74, 6) is 0. The number of benzene rings is 11. The van der Waals surface area contributed by atoms with E-state index in [2.05, 4.69) is 242 Å². The van der Waals surface area contributed by atoms with Crippen LogP contribution >= 0.6 is 0 Å². The largest absolute Gasteiger partial charge is 0.359 e. The Labute approximate surface area is 373 Å². The zero-order valence-corrected chi connectivity index (χ0v) is 35.8. The van der Waals surface area contributed by atoms with Gasteiger partial charge in [0.1, 0.15) is 6.17 Å². The zero-order chi connectivity index (χ0) is 42.5. The second kappa shape index (κ2) is 14.0. The molecule has 0 amide bonds. The fraction of sp³-hybridized carbons (Fsp3) is 0.0645. The molecule has 1 aliphatic carbocycles. The highest BCUT2D eigenvalue weighted by atomic mass is 15.3. The lowest BCUT2D eigenvalue weighted by Gasteiger charge is -2.28. The molecular weight excluding hydrogens is 773 g/mol. The highest BCUT2D eigenvalue weighted by molar-refractivity contribution is 6.23. The van der Waals surface area contributed by atoms with Crippen LogP contribution in [0.1, 0.15) is 36.7 Å². The maximum atomic E-state index is 3.87. The van der Waals surface area contributed by atoms with Crippen LogP contribution in [0.25, 0.3) is 87.6 Å². The number of hydrogen-bond donors (Lipinski definition) is 1. The molecule has 64 heavy (non-hydrogen) atoms. The minimum atomic E-state index is -0.150. The Morgan fingerprint density at radius 3 is 1.75 bits per heavy atom. The van der Waals surface area contributed by atoms with Gasteiger partial charge in [-0.3, -0.25) is 0 Å². The van der Waals surface area contributed by atoms with Crippen LogP contribution in [0.4, 0.5) is 17.1 Å². The fourth-order valence-corrected chi connectivity index (χ4v) is 11.1. The van der Waals surface area contributed by atoms with Crippen LogP contribution in [0, 0.1) is 0 Å². The van der Waals surface area contributed by atoms with Crippen molar-refractivity contribution in [2.75, 3.05) is 10.2 Å². The van der Waals surface area contributed by atoms with E-state index < -0.39 is 0 Å². The molecule has 2 aliphatic rings. The first-order chi connectivity index (χ1) is 31.5. The first kappa shape index (κ1) is 36.7. The van der Waals surface area contributed by atoms with Crippen molar-refractivity contribution >= 4 is 60.2 Å². The van der Waals surface area contributed by atoms with Crippen LogP contribution in [-0.4, -0.2) is 0 Å². The quantitative estimate of drug-likeness (QED) is 0.174. The number of fused-ring (bicyclic) bond motifs is 8. The number of hydrogen-bond acceptors (Lipinski definition) is 2. The highest BCUT2D eigenvalue weighted by Gasteiger charge is 2.36. The van der Waals surface area contributed by atoms with Gasteiger partial charge in [-0.15, -0.1) is 0 Å². The summed E-state index contributed by atoms with van der Waals surface area (Å²) < 4.78 is 0. The molecule has 0 bridgehead atoms. The van der Waals surface area contributed by atoms with E-state index in [0.717, 1.165) is 11.4 Å². The Kier molecular flexibility index (Phi) is 8.05. The van der Waals surface area contributed by atoms with Gasteiger partial charge < -0.3 is 10.2 Å². The second-order valence-corrected chi connectivity index (χ2v) is 18.1. The van der Waals surface area contributed by atoms with Crippen molar-refractivity contribution in [2.24, 2.45) is 0 Å². The van der Waals surface area contributed by atoms with Crippen LogP contribution in [0.3, 0.4) is 0 Å². The first-order valence-corrected chi connectivity index (χ1v) is 22.4. The molecule has 0 radical (unpaired) electrons. The van der Waals surface area contributed by atoms with E-state index in [1.165, 1.54) is 110 Å². The van der Waals surface area contributed by atoms with Gasteiger partial charge in [-0.1, -0.05) is 172 Å². The Hall–Kier alpha value is -7.94. The zero-order valence-electron chi connectivity index (χ0n) is 35.8. The predicted molar refractivity (Wildman–Crippen MR) is 272 cm³/mol. The van der Waals surface area contributed by atoms with E-state index in [0.29, 0.717) is 0 Å². The van der Waals surface area contributed by atoms with E-state index in [4.69, 9.17) is 0 Å². The molecule has 0 saturated carbocycles. The molecule has 2 heteroatoms. The second-order valence-electron chi connectivity index (χ2n) is 18.1. The molecule has 13 rings (SSSR count). The van der Waals surface area contributed by atoms with Gasteiger partial charge in [-0.25, -0.2) is 0 Å². The normalized spacial score (nSPS) is 14.8. The van der Waals surface area contributed by atoms with E-state index in [1.54, 1.807) is 0 Å². The monoisotopic (exact) mass is 816 g/mol. The number of anilines is 3. The lowest BCUT2D eigenvalue weighted by atomic mass is 9.79. The van der Waals surface area contributed by atoms with E-state index in [1.807, 2.05) is 0 Å². The van der Waals surface area contributed by atoms with Crippen molar-refractivity contribution in [2.45, 2.75) is 25.4 Å². The van der Waals surface area contributed by atoms with Gasteiger partial charge in [0.15, 0.2) is 0 Å². The van der Waals surface area contributed by atoms with Crippen LogP contribution in [0.5, 0.6) is 0 Å². The molecule has 1 heterocycles. The SMILES string of the molecule is CC1(C)c2ccccc2-c2cc3c(-c4ccc5ccccc5c4)c4ccc(-c5cccc(C6Nc7ccccc7N6c6ccccc6)c5)cc4c(-c4ccc5ccccc5c4)c3cc21. The summed E-state index contributed by atoms with van der Waals surface area (Å²) in [6.07, 6.45) is -0.0635. The molecule has 1 N–H and O–H groups in total. The van der Waals surface area contributed by atoms with Crippen molar-refractivity contribution < 1.29 is 0 Å². The summed E-state index contributed by atoms with van der Waals surface area (Å²) in [4.78, 5) is 2.42. The van der Waals surface area contributed by atoms with Gasteiger partial charge >= 0.3 is 0 Å². The third kappa shape index (κ3) is 5.59. The molecule has 1 atom stereocenters. The third-order valence-electron chi connectivity index (χ3n) is 14.2. The van der Waals surface area contributed by atoms with Gasteiger partial charge in [0.05, 0.1) is 11.4 Å². The maximum Gasteiger partial charge on any atom is 0.130 e. The smallest absolute Gasteiger partial charge is 0.130 e. The Morgan fingerprint density at radius 2 is 0.984 bits per heavy atom. The van der Waals surface area contributed by atoms with E-state index >= 15 is 0 Å². The Bertz CT molecular complexity index is 3690. The molecule has 11 aromatic rings. The number of rotatable bonds is 5. The molecule has 0 spiro atoms. The third-order valence-corrected chi connectivity index (χ3v) is 14.2. The topological polar surface area (TPSA) is 15.3 Å². The molecule has 2 nitrogen and oxygen atoms in total. The molecule has 1 aliphatic heterocycles. The lowest BCUT2D eigenvalue weighted by Crippen LogP contribution is -2.23. The molecule has 0 saturated heterocycles. The standard InChI is InChI=1S/C62H44N2/c1-62(2)55-24-11-10-23-49(55)51-37-53-54(38-56(51)62)60(46-30-28-40-16-7-9-18-42(40)34-46)52-36-44(31-32-50(52)59(53)45-29-27-39-15-6-8-17-41(39)33-45)43-19-14-20-47(35-43)61-63-57-25-12-13-26-58(57)64(61)48-21-4-3-5-22-48/h3-38,61,63H,1-2H3. The van der Waals surface area contributed by atoms with Crippen molar-refractivity contribution in [3.8, 4) is 44.5 Å². The maximum absolute atomic E-state index is 3.87. The number of para-hydroxylation sites is 3. The molecular formula is C62H44N2. The Balaban J connectivity index is 1.09. The summed E-state index contributed by atoms with van der Waals surface area (Å²) in [6, 6.07) is 81.3. The highest BCUT2D eigenvalue weighted by Crippen LogP contribution is 2.54. The summed E-state index contributed by atoms with van der Waals surface area (Å²) in [6.45, 7) is 4.79. The predicted octanol–water partition coefficient (Wildman–Crippen LogP) is 16.9. The molecule has 0 aromatic heterocycles. The minimum Gasteiger partial charge on any atom is -0.359 e. The summed E-state index contributed by atoms with van der Waals surface area (Å²) in [7, 11) is 0. The van der Waals surface area contributed by atoms with E-state index in [-0.39, 0.29) is 11.6 Å². The summed E-state index contributed by atoms with van der Waals surface area (Å²) in [5.41, 5.74) is 17.4. The van der Waals surface area contributed by atoms with Crippen molar-refractivity contribution in [1.82, 2.24) is 0 Å². The first-order valence-electron chi connectivity index (χ1n) is 22.4. The number of nitrogens with zero attached hydrogens (tertiary/aromatic N) is 1. The van der Waals surface area contributed by atoms with Gasteiger partial charge in [-0.05, 0) is 165 Å². The van der Waals surface area contributed by atoms with E-state index in [9.17, 15) is 0 Å². The average molecular weight is 817 g/mol. The fourth-order valence-electron chi connectivity index (χ4n) is 11.1. The van der Waals surface area contributed by atoms with Crippen LogP contribution in [0.15, 0.2) is 218 Å². The van der Waals surface area contributed by atoms with Gasteiger partial charge in [0, 0.05) is 11.1 Å². The lowest BCUT2D eigenvalue weighted by molar-refractivity contribution is 0.661. The van der Waals surface area contributed by atoms with Crippen molar-refractivity contribution in [3.63, 3.8) is 0 Å². The van der Waals surface area contributed by atoms with Gasteiger partial charge in [-0.2, -0.15) is 0 Å². The van der Waals surface area contributed by atoms with Gasteiger partial charge in [0.25, 0.3) is 0 Å². The minimum absolute atomic E-state index is 0.0635. The molecule has 1 unspecified atom stereocenters. The van der Waals surface area contributed by atoms with Crippen LogP contribution < -0.4 is 10.2 Å². The summed E-state index contributed by atoms with van der Waals surface area (Å²) in [5, 5.41) is 13.9. The van der Waals surface area contributed by atoms with Crippen molar-refractivity contribution in [3.05, 3.63) is 235 Å². The molecule has 302 valence electrons.